The minimum absolute atomic E-state index is 0.0565. The first-order valence-electron chi connectivity index (χ1n) is 8.07. The Kier molecular flexibility index (Phi) is 5.68. The molecule has 0 aliphatic carbocycles. The Morgan fingerprint density at radius 3 is 2.43 bits per heavy atom. The SMILES string of the molecule is CCN(CC)C(=O)c1ccnc(N(CC)c2cccc(C)c2)n1. The van der Waals surface area contributed by atoms with E-state index < -0.39 is 0 Å². The van der Waals surface area contributed by atoms with Gasteiger partial charge in [-0.15, -0.1) is 0 Å². The van der Waals surface area contributed by atoms with Crippen LogP contribution in [0.4, 0.5) is 11.6 Å². The molecule has 122 valence electrons. The van der Waals surface area contributed by atoms with Gasteiger partial charge in [0.05, 0.1) is 0 Å². The highest BCUT2D eigenvalue weighted by Gasteiger charge is 2.17. The molecule has 0 N–H and O–H groups in total. The van der Waals surface area contributed by atoms with Crippen molar-refractivity contribution in [3.05, 3.63) is 47.8 Å². The first-order chi connectivity index (χ1) is 11.1. The molecule has 0 spiro atoms. The van der Waals surface area contributed by atoms with Gasteiger partial charge in [-0.2, -0.15) is 0 Å². The summed E-state index contributed by atoms with van der Waals surface area (Å²) in [6.45, 7) is 10.1. The molecule has 0 bridgehead atoms. The van der Waals surface area contributed by atoms with E-state index in [1.807, 2.05) is 37.8 Å². The number of hydrogen-bond acceptors (Lipinski definition) is 4. The van der Waals surface area contributed by atoms with Crippen LogP contribution in [0.5, 0.6) is 0 Å². The summed E-state index contributed by atoms with van der Waals surface area (Å²) in [5, 5.41) is 0. The number of aryl methyl sites for hydroxylation is 1. The van der Waals surface area contributed by atoms with Crippen LogP contribution in [0.3, 0.4) is 0 Å². The molecule has 0 saturated heterocycles. The first kappa shape index (κ1) is 16.9. The number of benzene rings is 1. The zero-order valence-electron chi connectivity index (χ0n) is 14.3. The maximum absolute atomic E-state index is 12.5. The van der Waals surface area contributed by atoms with Crippen molar-refractivity contribution in [3.63, 3.8) is 0 Å². The molecular formula is C18H24N4O. The molecule has 1 aromatic carbocycles. The van der Waals surface area contributed by atoms with Crippen LogP contribution in [0.15, 0.2) is 36.5 Å². The van der Waals surface area contributed by atoms with Crippen LogP contribution in [0, 0.1) is 6.92 Å². The third-order valence-corrected chi connectivity index (χ3v) is 3.78. The van der Waals surface area contributed by atoms with E-state index in [9.17, 15) is 4.79 Å². The van der Waals surface area contributed by atoms with E-state index in [-0.39, 0.29) is 5.91 Å². The van der Waals surface area contributed by atoms with Crippen molar-refractivity contribution in [2.24, 2.45) is 0 Å². The molecule has 2 rings (SSSR count). The summed E-state index contributed by atoms with van der Waals surface area (Å²) in [6.07, 6.45) is 1.65. The van der Waals surface area contributed by atoms with Crippen molar-refractivity contribution < 1.29 is 4.79 Å². The van der Waals surface area contributed by atoms with Crippen LogP contribution in [0.2, 0.25) is 0 Å². The number of carbonyl (C=O) groups is 1. The van der Waals surface area contributed by atoms with Crippen molar-refractivity contribution in [2.45, 2.75) is 27.7 Å². The first-order valence-corrected chi connectivity index (χ1v) is 8.07. The Morgan fingerprint density at radius 2 is 1.83 bits per heavy atom. The minimum Gasteiger partial charge on any atom is -0.338 e. The van der Waals surface area contributed by atoms with Crippen molar-refractivity contribution in [3.8, 4) is 0 Å². The molecule has 2 aromatic rings. The summed E-state index contributed by atoms with van der Waals surface area (Å²) in [5.74, 6) is 0.495. The molecule has 23 heavy (non-hydrogen) atoms. The molecule has 1 aromatic heterocycles. The molecular weight excluding hydrogens is 288 g/mol. The van der Waals surface area contributed by atoms with Gasteiger partial charge in [0, 0.05) is 31.5 Å². The Labute approximate surface area is 138 Å². The maximum Gasteiger partial charge on any atom is 0.272 e. The lowest BCUT2D eigenvalue weighted by atomic mass is 10.2. The van der Waals surface area contributed by atoms with Crippen LogP contribution >= 0.6 is 0 Å². The molecule has 0 aliphatic rings. The molecule has 5 heteroatoms. The average molecular weight is 312 g/mol. The number of rotatable bonds is 6. The summed E-state index contributed by atoms with van der Waals surface area (Å²) in [4.78, 5) is 25.1. The second kappa shape index (κ2) is 7.72. The number of aromatic nitrogens is 2. The molecule has 0 aliphatic heterocycles. The van der Waals surface area contributed by atoms with Crippen molar-refractivity contribution in [2.75, 3.05) is 24.5 Å². The lowest BCUT2D eigenvalue weighted by Gasteiger charge is -2.22. The van der Waals surface area contributed by atoms with Gasteiger partial charge in [-0.05, 0) is 51.5 Å². The number of amides is 1. The summed E-state index contributed by atoms with van der Waals surface area (Å²) in [5.41, 5.74) is 2.64. The van der Waals surface area contributed by atoms with Crippen LogP contribution in [-0.4, -0.2) is 40.4 Å². The molecule has 0 radical (unpaired) electrons. The Morgan fingerprint density at radius 1 is 1.09 bits per heavy atom. The fraction of sp³-hybridized carbons (Fsp3) is 0.389. The van der Waals surface area contributed by atoms with Crippen LogP contribution in [0.1, 0.15) is 36.8 Å². The second-order valence-corrected chi connectivity index (χ2v) is 5.30. The monoisotopic (exact) mass is 312 g/mol. The van der Waals surface area contributed by atoms with E-state index in [1.165, 1.54) is 5.56 Å². The predicted octanol–water partition coefficient (Wildman–Crippen LogP) is 3.43. The standard InChI is InChI=1S/C18H24N4O/c1-5-21(6-2)17(23)16-11-12-19-18(20-16)22(7-3)15-10-8-9-14(4)13-15/h8-13H,5-7H2,1-4H3. The van der Waals surface area contributed by atoms with Gasteiger partial charge in [0.15, 0.2) is 0 Å². The van der Waals surface area contributed by atoms with Crippen LogP contribution in [0.25, 0.3) is 0 Å². The fourth-order valence-electron chi connectivity index (χ4n) is 2.51. The normalized spacial score (nSPS) is 10.4. The van der Waals surface area contributed by atoms with Crippen LogP contribution in [-0.2, 0) is 0 Å². The molecule has 0 atom stereocenters. The zero-order chi connectivity index (χ0) is 16.8. The van der Waals surface area contributed by atoms with E-state index >= 15 is 0 Å². The summed E-state index contributed by atoms with van der Waals surface area (Å²) in [6, 6.07) is 9.86. The number of nitrogens with zero attached hydrogens (tertiary/aromatic N) is 4. The lowest BCUT2D eigenvalue weighted by molar-refractivity contribution is 0.0767. The van der Waals surface area contributed by atoms with E-state index in [0.29, 0.717) is 24.7 Å². The smallest absolute Gasteiger partial charge is 0.272 e. The average Bonchev–Trinajstić information content (AvgIpc) is 2.57. The Hall–Kier alpha value is -2.43. The van der Waals surface area contributed by atoms with Gasteiger partial charge >= 0.3 is 0 Å². The van der Waals surface area contributed by atoms with E-state index in [0.717, 1.165) is 12.2 Å². The number of anilines is 2. The molecule has 1 amide bonds. The van der Waals surface area contributed by atoms with E-state index in [4.69, 9.17) is 0 Å². The molecule has 5 nitrogen and oxygen atoms in total. The van der Waals surface area contributed by atoms with Gasteiger partial charge in [0.1, 0.15) is 5.69 Å². The van der Waals surface area contributed by atoms with Gasteiger partial charge in [-0.1, -0.05) is 12.1 Å². The molecule has 0 fully saturated rings. The number of hydrogen-bond donors (Lipinski definition) is 0. The highest BCUT2D eigenvalue weighted by molar-refractivity contribution is 5.92. The summed E-state index contributed by atoms with van der Waals surface area (Å²) >= 11 is 0. The second-order valence-electron chi connectivity index (χ2n) is 5.30. The quantitative estimate of drug-likeness (QED) is 0.820. The van der Waals surface area contributed by atoms with Crippen molar-refractivity contribution in [1.82, 2.24) is 14.9 Å². The molecule has 1 heterocycles. The topological polar surface area (TPSA) is 49.3 Å². The van der Waals surface area contributed by atoms with Crippen LogP contribution < -0.4 is 4.90 Å². The highest BCUT2D eigenvalue weighted by atomic mass is 16.2. The van der Waals surface area contributed by atoms with E-state index in [2.05, 4.69) is 29.0 Å². The van der Waals surface area contributed by atoms with Crippen molar-refractivity contribution in [1.29, 1.82) is 0 Å². The maximum atomic E-state index is 12.5. The number of carbonyl (C=O) groups excluding carboxylic acids is 1. The zero-order valence-corrected chi connectivity index (χ0v) is 14.3. The Bertz CT molecular complexity index is 668. The summed E-state index contributed by atoms with van der Waals surface area (Å²) in [7, 11) is 0. The highest BCUT2D eigenvalue weighted by Crippen LogP contribution is 2.22. The lowest BCUT2D eigenvalue weighted by Crippen LogP contribution is -2.31. The third kappa shape index (κ3) is 3.86. The van der Waals surface area contributed by atoms with Gasteiger partial charge in [-0.3, -0.25) is 4.79 Å². The molecule has 0 unspecified atom stereocenters. The minimum atomic E-state index is -0.0565. The predicted molar refractivity (Wildman–Crippen MR) is 93.1 cm³/mol. The van der Waals surface area contributed by atoms with Crippen molar-refractivity contribution >= 4 is 17.5 Å². The van der Waals surface area contributed by atoms with Gasteiger partial charge in [0.25, 0.3) is 5.91 Å². The fourth-order valence-corrected chi connectivity index (χ4v) is 2.51. The van der Waals surface area contributed by atoms with Gasteiger partial charge < -0.3 is 9.80 Å². The van der Waals surface area contributed by atoms with Gasteiger partial charge in [0.2, 0.25) is 5.95 Å². The third-order valence-electron chi connectivity index (χ3n) is 3.78. The van der Waals surface area contributed by atoms with E-state index in [1.54, 1.807) is 17.2 Å². The Balaban J connectivity index is 2.35. The molecule has 0 saturated carbocycles. The summed E-state index contributed by atoms with van der Waals surface area (Å²) < 4.78 is 0. The van der Waals surface area contributed by atoms with Gasteiger partial charge in [-0.25, -0.2) is 9.97 Å². The largest absolute Gasteiger partial charge is 0.338 e.